The van der Waals surface area contributed by atoms with Gasteiger partial charge in [-0.2, -0.15) is 11.8 Å². The molecule has 1 aromatic carbocycles. The van der Waals surface area contributed by atoms with Crippen molar-refractivity contribution in [1.29, 1.82) is 0 Å². The molecule has 0 fully saturated rings. The van der Waals surface area contributed by atoms with Gasteiger partial charge in [0.15, 0.2) is 0 Å². The van der Waals surface area contributed by atoms with Gasteiger partial charge in [-0.05, 0) is 47.6 Å². The molecule has 1 aliphatic rings. The summed E-state index contributed by atoms with van der Waals surface area (Å²) in [5.74, 6) is 2.30. The predicted octanol–water partition coefficient (Wildman–Crippen LogP) is 6.17. The van der Waals surface area contributed by atoms with Crippen LogP contribution in [0.5, 0.6) is 0 Å². The first-order valence-corrected chi connectivity index (χ1v) is 9.10. The Hall–Kier alpha value is 0.140. The summed E-state index contributed by atoms with van der Waals surface area (Å²) < 4.78 is 0. The summed E-state index contributed by atoms with van der Waals surface area (Å²) in [5, 5.41) is 1.12. The molecule has 0 bridgehead atoms. The van der Waals surface area contributed by atoms with Crippen molar-refractivity contribution in [3.8, 4) is 0 Å². The average Bonchev–Trinajstić information content (AvgIpc) is 2.84. The molecule has 0 radical (unpaired) electrons. The summed E-state index contributed by atoms with van der Waals surface area (Å²) in [4.78, 5) is 2.64. The smallest absolute Gasteiger partial charge is 0.0942 e. The van der Waals surface area contributed by atoms with E-state index in [1.54, 1.807) is 23.5 Å². The predicted molar refractivity (Wildman–Crippen MR) is 88.3 cm³/mol. The van der Waals surface area contributed by atoms with Gasteiger partial charge in [0.25, 0.3) is 0 Å². The third kappa shape index (κ3) is 2.93. The van der Waals surface area contributed by atoms with Gasteiger partial charge in [-0.3, -0.25) is 0 Å². The number of hydrogen-bond donors (Lipinski definition) is 0. The van der Waals surface area contributed by atoms with Crippen LogP contribution in [0.1, 0.15) is 26.3 Å². The molecule has 2 aromatic rings. The second-order valence-electron chi connectivity index (χ2n) is 4.43. The second-order valence-corrected chi connectivity index (χ2v) is 7.98. The summed E-state index contributed by atoms with van der Waals surface area (Å²) in [6, 6.07) is 7.67. The minimum atomic E-state index is -0.216. The normalized spacial score (nSPS) is 16.2. The fraction of sp³-hybridized carbons (Fsp3) is 0.286. The minimum absolute atomic E-state index is 0.216. The van der Waals surface area contributed by atoms with Crippen LogP contribution in [0.15, 0.2) is 24.3 Å². The molecule has 0 amide bonds. The number of benzene rings is 1. The highest BCUT2D eigenvalue weighted by Crippen LogP contribution is 2.41. The summed E-state index contributed by atoms with van der Waals surface area (Å²) in [6.07, 6.45) is 1.15. The molecule has 19 heavy (non-hydrogen) atoms. The van der Waals surface area contributed by atoms with E-state index in [-0.39, 0.29) is 5.38 Å². The molecule has 0 saturated carbocycles. The third-order valence-corrected chi connectivity index (χ3v) is 6.62. The first kappa shape index (κ1) is 14.1. The van der Waals surface area contributed by atoms with E-state index in [0.717, 1.165) is 17.7 Å². The number of hydrogen-bond acceptors (Lipinski definition) is 2. The van der Waals surface area contributed by atoms with Gasteiger partial charge < -0.3 is 0 Å². The highest BCUT2D eigenvalue weighted by molar-refractivity contribution is 7.98. The lowest BCUT2D eigenvalue weighted by Crippen LogP contribution is -1.96. The standard InChI is InChI=1S/C14H11Cl3S2/c15-9-1-2-11(16)10(6-9)14(17)13-5-8-7-18-4-3-12(8)19-13/h1-2,5-6,14H,3-4,7H2. The molecule has 3 rings (SSSR count). The Morgan fingerprint density at radius 3 is 2.79 bits per heavy atom. The quantitative estimate of drug-likeness (QED) is 0.584. The molecular formula is C14H11Cl3S2. The summed E-state index contributed by atoms with van der Waals surface area (Å²) in [7, 11) is 0. The fourth-order valence-corrected chi connectivity index (χ4v) is 5.37. The maximum absolute atomic E-state index is 6.59. The van der Waals surface area contributed by atoms with Gasteiger partial charge in [-0.15, -0.1) is 22.9 Å². The molecule has 1 aliphatic heterocycles. The van der Waals surface area contributed by atoms with Gasteiger partial charge in [-0.1, -0.05) is 23.2 Å². The lowest BCUT2D eigenvalue weighted by Gasteiger charge is -2.10. The van der Waals surface area contributed by atoms with E-state index in [1.807, 2.05) is 17.8 Å². The number of aryl methyl sites for hydroxylation is 1. The van der Waals surface area contributed by atoms with Crippen molar-refractivity contribution in [2.45, 2.75) is 17.6 Å². The van der Waals surface area contributed by atoms with Crippen LogP contribution in [-0.4, -0.2) is 5.75 Å². The Morgan fingerprint density at radius 2 is 2.00 bits per heavy atom. The Morgan fingerprint density at radius 1 is 1.16 bits per heavy atom. The van der Waals surface area contributed by atoms with Crippen molar-refractivity contribution in [3.63, 3.8) is 0 Å². The molecular weight excluding hydrogens is 339 g/mol. The van der Waals surface area contributed by atoms with Crippen LogP contribution in [0, 0.1) is 0 Å². The fourth-order valence-electron chi connectivity index (χ4n) is 2.16. The van der Waals surface area contributed by atoms with E-state index in [1.165, 1.54) is 21.1 Å². The van der Waals surface area contributed by atoms with Gasteiger partial charge in [-0.25, -0.2) is 0 Å². The molecule has 1 aromatic heterocycles. The lowest BCUT2D eigenvalue weighted by atomic mass is 10.1. The zero-order valence-electron chi connectivity index (χ0n) is 9.96. The van der Waals surface area contributed by atoms with Gasteiger partial charge >= 0.3 is 0 Å². The van der Waals surface area contributed by atoms with Gasteiger partial charge in [0, 0.05) is 25.6 Å². The monoisotopic (exact) mass is 348 g/mol. The highest BCUT2D eigenvalue weighted by atomic mass is 35.5. The van der Waals surface area contributed by atoms with Crippen molar-refractivity contribution < 1.29 is 0 Å². The van der Waals surface area contributed by atoms with Crippen molar-refractivity contribution >= 4 is 57.9 Å². The number of fused-ring (bicyclic) bond motifs is 1. The largest absolute Gasteiger partial charge is 0.157 e. The minimum Gasteiger partial charge on any atom is -0.157 e. The van der Waals surface area contributed by atoms with E-state index < -0.39 is 0 Å². The van der Waals surface area contributed by atoms with Crippen molar-refractivity contribution in [1.82, 2.24) is 0 Å². The van der Waals surface area contributed by atoms with E-state index in [0.29, 0.717) is 10.0 Å². The maximum atomic E-state index is 6.59. The molecule has 0 nitrogen and oxygen atoms in total. The molecule has 0 aliphatic carbocycles. The first-order valence-electron chi connectivity index (χ1n) is 5.93. The Bertz CT molecular complexity index is 583. The van der Waals surface area contributed by atoms with Gasteiger partial charge in [0.05, 0.1) is 5.38 Å². The SMILES string of the molecule is Clc1ccc(Cl)c(C(Cl)c2cc3c(s2)CCSC3)c1. The highest BCUT2D eigenvalue weighted by Gasteiger charge is 2.21. The van der Waals surface area contributed by atoms with Gasteiger partial charge in [0.1, 0.15) is 0 Å². The van der Waals surface area contributed by atoms with Crippen LogP contribution in [0.3, 0.4) is 0 Å². The number of halogens is 3. The van der Waals surface area contributed by atoms with Crippen LogP contribution in [-0.2, 0) is 12.2 Å². The van der Waals surface area contributed by atoms with E-state index >= 15 is 0 Å². The van der Waals surface area contributed by atoms with Crippen LogP contribution < -0.4 is 0 Å². The van der Waals surface area contributed by atoms with Crippen LogP contribution in [0.25, 0.3) is 0 Å². The molecule has 2 heterocycles. The van der Waals surface area contributed by atoms with E-state index in [9.17, 15) is 0 Å². The summed E-state index contributed by atoms with van der Waals surface area (Å²) in [6.45, 7) is 0. The van der Waals surface area contributed by atoms with Gasteiger partial charge in [0.2, 0.25) is 0 Å². The summed E-state index contributed by atoms with van der Waals surface area (Å²) in [5.41, 5.74) is 2.32. The summed E-state index contributed by atoms with van der Waals surface area (Å²) >= 11 is 22.6. The Kier molecular flexibility index (Phi) is 4.35. The van der Waals surface area contributed by atoms with Crippen molar-refractivity contribution in [2.75, 3.05) is 5.75 Å². The van der Waals surface area contributed by atoms with E-state index in [2.05, 4.69) is 6.07 Å². The maximum Gasteiger partial charge on any atom is 0.0942 e. The lowest BCUT2D eigenvalue weighted by molar-refractivity contribution is 1.13. The molecule has 0 saturated heterocycles. The van der Waals surface area contributed by atoms with Crippen LogP contribution in [0.2, 0.25) is 10.0 Å². The molecule has 5 heteroatoms. The average molecular weight is 350 g/mol. The van der Waals surface area contributed by atoms with Crippen molar-refractivity contribution in [2.24, 2.45) is 0 Å². The zero-order valence-corrected chi connectivity index (χ0v) is 13.9. The Labute approximate surface area is 136 Å². The van der Waals surface area contributed by atoms with Crippen molar-refractivity contribution in [3.05, 3.63) is 55.2 Å². The van der Waals surface area contributed by atoms with E-state index in [4.69, 9.17) is 34.8 Å². The number of rotatable bonds is 2. The molecule has 0 N–H and O–H groups in total. The third-order valence-electron chi connectivity index (χ3n) is 3.13. The number of thioether (sulfide) groups is 1. The number of thiophene rings is 1. The number of alkyl halides is 1. The topological polar surface area (TPSA) is 0 Å². The first-order chi connectivity index (χ1) is 9.15. The molecule has 1 unspecified atom stereocenters. The second kappa shape index (κ2) is 5.87. The Balaban J connectivity index is 1.97. The molecule has 1 atom stereocenters. The van der Waals surface area contributed by atoms with Crippen LogP contribution >= 0.6 is 57.9 Å². The molecule has 0 spiro atoms. The molecule has 100 valence electrons. The zero-order chi connectivity index (χ0) is 13.4. The van der Waals surface area contributed by atoms with Crippen LogP contribution in [0.4, 0.5) is 0 Å².